The van der Waals surface area contributed by atoms with Gasteiger partial charge >= 0.3 is 0 Å². The van der Waals surface area contributed by atoms with Crippen LogP contribution in [0.1, 0.15) is 37.5 Å². The third-order valence-electron chi connectivity index (χ3n) is 6.67. The maximum absolute atomic E-state index is 6.00. The van der Waals surface area contributed by atoms with Gasteiger partial charge in [-0.05, 0) is 61.9 Å². The van der Waals surface area contributed by atoms with Crippen molar-refractivity contribution in [1.29, 1.82) is 0 Å². The van der Waals surface area contributed by atoms with Gasteiger partial charge in [-0.1, -0.05) is 12.1 Å². The standard InChI is InChI=1S/C25H27N3O3/c1-2-4-23-20(3-1)27-25(31-23)18-5-6-22-21(16-18)26-24(15-17-7-11-29-12-8-17)28(22)19-9-13-30-14-10-19/h1-6,16-17,19H,7-15H2. The lowest BCUT2D eigenvalue weighted by molar-refractivity contribution is 0.0623. The highest BCUT2D eigenvalue weighted by Crippen LogP contribution is 2.33. The molecule has 0 unspecified atom stereocenters. The number of hydrogen-bond acceptors (Lipinski definition) is 5. The molecule has 2 fully saturated rings. The van der Waals surface area contributed by atoms with Gasteiger partial charge in [-0.3, -0.25) is 0 Å². The Hall–Kier alpha value is -2.70. The second-order valence-corrected chi connectivity index (χ2v) is 8.69. The summed E-state index contributed by atoms with van der Waals surface area (Å²) in [4.78, 5) is 9.80. The van der Waals surface area contributed by atoms with Gasteiger partial charge in [0.05, 0.1) is 11.0 Å². The molecule has 2 aliphatic rings. The molecule has 0 spiro atoms. The van der Waals surface area contributed by atoms with Gasteiger partial charge in [0, 0.05) is 44.5 Å². The molecule has 6 heteroatoms. The lowest BCUT2D eigenvalue weighted by Gasteiger charge is -2.27. The summed E-state index contributed by atoms with van der Waals surface area (Å²) in [5.74, 6) is 2.49. The molecular formula is C25H27N3O3. The minimum Gasteiger partial charge on any atom is -0.436 e. The van der Waals surface area contributed by atoms with E-state index < -0.39 is 0 Å². The summed E-state index contributed by atoms with van der Waals surface area (Å²) >= 11 is 0. The Kier molecular flexibility index (Phi) is 4.97. The molecule has 0 aliphatic carbocycles. The molecule has 2 aliphatic heterocycles. The van der Waals surface area contributed by atoms with Crippen LogP contribution in [0, 0.1) is 5.92 Å². The Bertz CT molecular complexity index is 1170. The molecule has 0 N–H and O–H groups in total. The van der Waals surface area contributed by atoms with Crippen LogP contribution < -0.4 is 0 Å². The maximum Gasteiger partial charge on any atom is 0.227 e. The van der Waals surface area contributed by atoms with Gasteiger partial charge in [0.1, 0.15) is 11.3 Å². The molecule has 6 nitrogen and oxygen atoms in total. The number of aromatic nitrogens is 3. The first-order valence-corrected chi connectivity index (χ1v) is 11.4. The third kappa shape index (κ3) is 3.64. The number of ether oxygens (including phenoxy) is 2. The van der Waals surface area contributed by atoms with Crippen molar-refractivity contribution in [1.82, 2.24) is 14.5 Å². The molecule has 0 radical (unpaired) electrons. The SMILES string of the molecule is c1ccc2oc(-c3ccc4c(c3)nc(CC3CCOCC3)n4C3CCOCC3)nc2c1. The van der Waals surface area contributed by atoms with Crippen LogP contribution in [0.15, 0.2) is 46.9 Å². The van der Waals surface area contributed by atoms with Crippen molar-refractivity contribution in [3.8, 4) is 11.5 Å². The van der Waals surface area contributed by atoms with Crippen molar-refractivity contribution in [2.75, 3.05) is 26.4 Å². The van der Waals surface area contributed by atoms with E-state index in [0.717, 1.165) is 80.7 Å². The summed E-state index contributed by atoms with van der Waals surface area (Å²) in [6, 6.07) is 14.8. The Morgan fingerprint density at radius 2 is 1.61 bits per heavy atom. The maximum atomic E-state index is 6.00. The monoisotopic (exact) mass is 417 g/mol. The first-order chi connectivity index (χ1) is 15.3. The van der Waals surface area contributed by atoms with E-state index in [4.69, 9.17) is 18.9 Å². The molecule has 4 aromatic rings. The molecule has 2 aromatic carbocycles. The van der Waals surface area contributed by atoms with Crippen molar-refractivity contribution in [2.45, 2.75) is 38.1 Å². The number of fused-ring (bicyclic) bond motifs is 2. The number of oxazole rings is 1. The molecule has 0 bridgehead atoms. The molecule has 160 valence electrons. The van der Waals surface area contributed by atoms with E-state index in [9.17, 15) is 0 Å². The van der Waals surface area contributed by atoms with Crippen LogP contribution in [0.5, 0.6) is 0 Å². The second kappa shape index (κ2) is 8.09. The number of benzene rings is 2. The van der Waals surface area contributed by atoms with Crippen LogP contribution >= 0.6 is 0 Å². The molecule has 0 amide bonds. The highest BCUT2D eigenvalue weighted by Gasteiger charge is 2.25. The van der Waals surface area contributed by atoms with E-state index in [1.165, 1.54) is 11.3 Å². The zero-order chi connectivity index (χ0) is 20.6. The van der Waals surface area contributed by atoms with Crippen molar-refractivity contribution < 1.29 is 13.9 Å². The molecule has 2 saturated heterocycles. The van der Waals surface area contributed by atoms with Crippen molar-refractivity contribution in [3.63, 3.8) is 0 Å². The average molecular weight is 418 g/mol. The summed E-state index contributed by atoms with van der Waals surface area (Å²) in [6.07, 6.45) is 5.32. The van der Waals surface area contributed by atoms with E-state index in [0.29, 0.717) is 17.9 Å². The van der Waals surface area contributed by atoms with Gasteiger partial charge in [0.15, 0.2) is 5.58 Å². The van der Waals surface area contributed by atoms with Crippen molar-refractivity contribution in [3.05, 3.63) is 48.3 Å². The molecule has 2 aromatic heterocycles. The number of rotatable bonds is 4. The average Bonchev–Trinajstić information content (AvgIpc) is 3.41. The Morgan fingerprint density at radius 1 is 0.839 bits per heavy atom. The molecular weight excluding hydrogens is 390 g/mol. The first kappa shape index (κ1) is 19.0. The lowest BCUT2D eigenvalue weighted by atomic mass is 9.96. The number of nitrogens with zero attached hydrogens (tertiary/aromatic N) is 3. The summed E-state index contributed by atoms with van der Waals surface area (Å²) < 4.78 is 19.7. The van der Waals surface area contributed by atoms with Crippen LogP contribution in [0.3, 0.4) is 0 Å². The third-order valence-corrected chi connectivity index (χ3v) is 6.67. The lowest BCUT2D eigenvalue weighted by Crippen LogP contribution is -2.24. The zero-order valence-electron chi connectivity index (χ0n) is 17.6. The normalized spacial score (nSPS) is 18.8. The molecule has 4 heterocycles. The van der Waals surface area contributed by atoms with E-state index in [-0.39, 0.29) is 0 Å². The Labute approximate surface area is 181 Å². The fourth-order valence-corrected chi connectivity index (χ4v) is 4.98. The van der Waals surface area contributed by atoms with Crippen molar-refractivity contribution in [2.24, 2.45) is 5.92 Å². The number of para-hydroxylation sites is 2. The van der Waals surface area contributed by atoms with E-state index in [2.05, 4.69) is 27.8 Å². The van der Waals surface area contributed by atoms with Crippen molar-refractivity contribution >= 4 is 22.1 Å². The minimum absolute atomic E-state index is 0.448. The summed E-state index contributed by atoms with van der Waals surface area (Å²) in [5, 5.41) is 0. The fraction of sp³-hybridized carbons (Fsp3) is 0.440. The largest absolute Gasteiger partial charge is 0.436 e. The van der Waals surface area contributed by atoms with Gasteiger partial charge in [-0.25, -0.2) is 9.97 Å². The van der Waals surface area contributed by atoms with Gasteiger partial charge in [0.2, 0.25) is 5.89 Å². The molecule has 6 rings (SSSR count). The van der Waals surface area contributed by atoms with E-state index >= 15 is 0 Å². The second-order valence-electron chi connectivity index (χ2n) is 8.69. The van der Waals surface area contributed by atoms with Gasteiger partial charge in [-0.15, -0.1) is 0 Å². The smallest absolute Gasteiger partial charge is 0.227 e. The van der Waals surface area contributed by atoms with Gasteiger partial charge in [0.25, 0.3) is 0 Å². The summed E-state index contributed by atoms with van der Waals surface area (Å²) in [7, 11) is 0. The van der Waals surface area contributed by atoms with Crippen LogP contribution in [-0.2, 0) is 15.9 Å². The predicted molar refractivity (Wildman–Crippen MR) is 119 cm³/mol. The van der Waals surface area contributed by atoms with E-state index in [1.54, 1.807) is 0 Å². The van der Waals surface area contributed by atoms with Crippen LogP contribution in [0.25, 0.3) is 33.6 Å². The Morgan fingerprint density at radius 3 is 2.42 bits per heavy atom. The predicted octanol–water partition coefficient (Wildman–Crippen LogP) is 5.17. The topological polar surface area (TPSA) is 62.3 Å². The summed E-state index contributed by atoms with van der Waals surface area (Å²) in [6.45, 7) is 3.37. The molecule has 0 saturated carbocycles. The summed E-state index contributed by atoms with van der Waals surface area (Å²) in [5.41, 5.74) is 4.89. The highest BCUT2D eigenvalue weighted by atomic mass is 16.5. The zero-order valence-corrected chi connectivity index (χ0v) is 17.6. The van der Waals surface area contributed by atoms with Crippen LogP contribution in [0.4, 0.5) is 0 Å². The first-order valence-electron chi connectivity index (χ1n) is 11.4. The number of imidazole rings is 1. The minimum atomic E-state index is 0.448. The fourth-order valence-electron chi connectivity index (χ4n) is 4.98. The van der Waals surface area contributed by atoms with Crippen LogP contribution in [-0.4, -0.2) is 41.0 Å². The highest BCUT2D eigenvalue weighted by molar-refractivity contribution is 5.83. The van der Waals surface area contributed by atoms with Gasteiger partial charge < -0.3 is 18.5 Å². The van der Waals surface area contributed by atoms with Crippen LogP contribution in [0.2, 0.25) is 0 Å². The Balaban J connectivity index is 1.41. The van der Waals surface area contributed by atoms with E-state index in [1.807, 2.05) is 24.3 Å². The quantitative estimate of drug-likeness (QED) is 0.459. The number of hydrogen-bond donors (Lipinski definition) is 0. The van der Waals surface area contributed by atoms with Gasteiger partial charge in [-0.2, -0.15) is 0 Å². The molecule has 0 atom stereocenters. The molecule has 31 heavy (non-hydrogen) atoms.